The number of hydrogen-bond acceptors (Lipinski definition) is 3. The maximum atomic E-state index is 12.6. The first-order chi connectivity index (χ1) is 23.5. The zero-order chi connectivity index (χ0) is 32.4. The number of aromatic nitrogens is 2. The maximum absolute atomic E-state index is 12.6. The van der Waals surface area contributed by atoms with E-state index in [0.29, 0.717) is 0 Å². The summed E-state index contributed by atoms with van der Waals surface area (Å²) in [6, 6.07) is 49.3. The predicted octanol–water partition coefficient (Wildman–Crippen LogP) is 9.14. The Balaban J connectivity index is 1.25. The third kappa shape index (κ3) is 4.47. The van der Waals surface area contributed by atoms with E-state index in [0.717, 1.165) is 50.3 Å². The van der Waals surface area contributed by atoms with Crippen LogP contribution in [0.3, 0.4) is 0 Å². The van der Waals surface area contributed by atoms with Gasteiger partial charge in [0, 0.05) is 25.4 Å². The van der Waals surface area contributed by atoms with E-state index >= 15 is 0 Å². The number of nitrogens with one attached hydrogen (secondary N) is 1. The normalized spacial score (nSPS) is 14.8. The Morgan fingerprint density at radius 3 is 2.12 bits per heavy atom. The maximum Gasteiger partial charge on any atom is 0.328 e. The van der Waals surface area contributed by atoms with E-state index in [9.17, 15) is 4.79 Å². The summed E-state index contributed by atoms with van der Waals surface area (Å²) < 4.78 is 3.40. The molecule has 1 aliphatic rings. The highest BCUT2D eigenvalue weighted by Gasteiger charge is 2.23. The van der Waals surface area contributed by atoms with E-state index < -0.39 is 0 Å². The van der Waals surface area contributed by atoms with Crippen LogP contribution in [0.25, 0.3) is 60.2 Å². The topological polar surface area (TPSA) is 51.3 Å². The van der Waals surface area contributed by atoms with Crippen molar-refractivity contribution in [3.8, 4) is 11.1 Å². The monoisotopic (exact) mass is 620 g/mol. The fourth-order valence-electron chi connectivity index (χ4n) is 7.28. The average molecular weight is 621 g/mol. The average Bonchev–Trinajstić information content (AvgIpc) is 3.36. The van der Waals surface area contributed by atoms with Gasteiger partial charge in [-0.3, -0.25) is 14.1 Å². The third-order valence-electron chi connectivity index (χ3n) is 9.76. The minimum Gasteiger partial charge on any atom is -0.360 e. The van der Waals surface area contributed by atoms with Gasteiger partial charge in [-0.05, 0) is 84.9 Å². The number of imidazole rings is 1. The van der Waals surface area contributed by atoms with Crippen molar-refractivity contribution in [2.45, 2.75) is 6.17 Å². The summed E-state index contributed by atoms with van der Waals surface area (Å²) in [4.78, 5) is 18.0. The SMILES string of the molecule is Cn1c(=O)n(C)c2cc(-c3cccc(C4=CC(c5c6ccccc6cc6c5ccc5ccccc56)=NC(c5ccccc5)N4)c3)ccc21. The van der Waals surface area contributed by atoms with Gasteiger partial charge in [0.25, 0.3) is 0 Å². The fourth-order valence-corrected chi connectivity index (χ4v) is 7.28. The van der Waals surface area contributed by atoms with Crippen molar-refractivity contribution in [1.82, 2.24) is 14.5 Å². The van der Waals surface area contributed by atoms with Crippen LogP contribution in [-0.2, 0) is 14.1 Å². The molecule has 0 saturated carbocycles. The first kappa shape index (κ1) is 28.1. The van der Waals surface area contributed by atoms with Crippen LogP contribution in [0.1, 0.15) is 22.9 Å². The van der Waals surface area contributed by atoms with Gasteiger partial charge in [0.1, 0.15) is 6.17 Å². The number of allylic oxidation sites excluding steroid dienone is 1. The third-order valence-corrected chi connectivity index (χ3v) is 9.76. The summed E-state index contributed by atoms with van der Waals surface area (Å²) in [7, 11) is 3.64. The molecular weight excluding hydrogens is 589 g/mol. The summed E-state index contributed by atoms with van der Waals surface area (Å²) in [5, 5.41) is 11.0. The van der Waals surface area contributed by atoms with E-state index in [1.165, 1.54) is 32.3 Å². The molecule has 2 heterocycles. The number of aliphatic imine (C=N–C) groups is 1. The van der Waals surface area contributed by atoms with Crippen molar-refractivity contribution in [2.75, 3.05) is 0 Å². The van der Waals surface area contributed by atoms with Crippen molar-refractivity contribution < 1.29 is 0 Å². The molecule has 1 N–H and O–H groups in total. The minimum atomic E-state index is -0.269. The molecule has 0 saturated heterocycles. The lowest BCUT2D eigenvalue weighted by Crippen LogP contribution is -2.25. The Morgan fingerprint density at radius 1 is 0.562 bits per heavy atom. The molecule has 5 nitrogen and oxygen atoms in total. The largest absolute Gasteiger partial charge is 0.360 e. The smallest absolute Gasteiger partial charge is 0.328 e. The number of hydrogen-bond donors (Lipinski definition) is 1. The zero-order valence-corrected chi connectivity index (χ0v) is 26.7. The minimum absolute atomic E-state index is 0.0276. The van der Waals surface area contributed by atoms with Gasteiger partial charge in [-0.15, -0.1) is 0 Å². The molecule has 0 spiro atoms. The van der Waals surface area contributed by atoms with E-state index in [-0.39, 0.29) is 11.9 Å². The molecule has 1 atom stereocenters. The Kier molecular flexibility index (Phi) is 6.40. The molecule has 0 fully saturated rings. The second-order valence-corrected chi connectivity index (χ2v) is 12.6. The van der Waals surface area contributed by atoms with Crippen LogP contribution < -0.4 is 11.0 Å². The molecule has 1 aromatic heterocycles. The van der Waals surface area contributed by atoms with Gasteiger partial charge >= 0.3 is 5.69 Å². The van der Waals surface area contributed by atoms with Crippen molar-refractivity contribution in [3.63, 3.8) is 0 Å². The lowest BCUT2D eigenvalue weighted by molar-refractivity contribution is 0.664. The second-order valence-electron chi connectivity index (χ2n) is 12.6. The lowest BCUT2D eigenvalue weighted by Gasteiger charge is -2.26. The van der Waals surface area contributed by atoms with Crippen molar-refractivity contribution in [3.05, 3.63) is 173 Å². The number of rotatable bonds is 4. The Labute approximate surface area is 277 Å². The zero-order valence-electron chi connectivity index (χ0n) is 26.7. The van der Waals surface area contributed by atoms with E-state index in [1.54, 1.807) is 9.13 Å². The summed E-state index contributed by atoms with van der Waals surface area (Å²) in [5.74, 6) is 0. The highest BCUT2D eigenvalue weighted by molar-refractivity contribution is 6.29. The van der Waals surface area contributed by atoms with E-state index in [2.05, 4.69) is 139 Å². The molecule has 48 heavy (non-hydrogen) atoms. The van der Waals surface area contributed by atoms with Gasteiger partial charge in [0.05, 0.1) is 16.7 Å². The summed E-state index contributed by atoms with van der Waals surface area (Å²) in [6.45, 7) is 0. The second kappa shape index (κ2) is 11.0. The van der Waals surface area contributed by atoms with Crippen LogP contribution in [0.2, 0.25) is 0 Å². The summed E-state index contributed by atoms with van der Waals surface area (Å²) in [5.41, 5.74) is 9.19. The van der Waals surface area contributed by atoms with Crippen LogP contribution in [0.4, 0.5) is 0 Å². The Morgan fingerprint density at radius 2 is 1.27 bits per heavy atom. The molecule has 7 aromatic carbocycles. The highest BCUT2D eigenvalue weighted by Crippen LogP contribution is 2.37. The Bertz CT molecular complexity index is 2700. The number of aryl methyl sites for hydroxylation is 2. The van der Waals surface area contributed by atoms with E-state index in [1.807, 2.05) is 26.2 Å². The highest BCUT2D eigenvalue weighted by atomic mass is 16.1. The van der Waals surface area contributed by atoms with Gasteiger partial charge in [0.2, 0.25) is 0 Å². The number of fused-ring (bicyclic) bond motifs is 5. The standard InChI is InChI=1S/C43H32N4O/c1-46-39-22-20-30(25-40(39)47(2)43(46)48)29-15-10-16-32(23-29)37-26-38(45-42(44-37)28-12-4-3-5-13-28)41-34-18-9-7-14-31(34)24-36-33-17-8-6-11-27(33)19-21-35(36)41/h3-26,42,44H,1-2H3. The molecular formula is C43H32N4O. The van der Waals surface area contributed by atoms with Crippen LogP contribution in [-0.4, -0.2) is 14.8 Å². The molecule has 9 rings (SSSR count). The van der Waals surface area contributed by atoms with Gasteiger partial charge in [-0.2, -0.15) is 0 Å². The number of benzene rings is 7. The van der Waals surface area contributed by atoms with Crippen molar-refractivity contribution >= 4 is 54.8 Å². The molecule has 0 radical (unpaired) electrons. The van der Waals surface area contributed by atoms with Crippen LogP contribution in [0, 0.1) is 0 Å². The van der Waals surface area contributed by atoms with Crippen LogP contribution >= 0.6 is 0 Å². The van der Waals surface area contributed by atoms with Crippen molar-refractivity contribution in [1.29, 1.82) is 0 Å². The molecule has 1 aliphatic heterocycles. The molecule has 0 amide bonds. The molecule has 0 aliphatic carbocycles. The molecule has 5 heteroatoms. The van der Waals surface area contributed by atoms with Crippen molar-refractivity contribution in [2.24, 2.45) is 19.1 Å². The Hall–Kier alpha value is -6.20. The van der Waals surface area contributed by atoms with Gasteiger partial charge < -0.3 is 5.32 Å². The lowest BCUT2D eigenvalue weighted by atomic mass is 9.90. The molecule has 1 unspecified atom stereocenters. The van der Waals surface area contributed by atoms with Gasteiger partial charge in [0.15, 0.2) is 0 Å². The molecule has 0 bridgehead atoms. The van der Waals surface area contributed by atoms with Gasteiger partial charge in [-0.25, -0.2) is 4.79 Å². The van der Waals surface area contributed by atoms with Crippen LogP contribution in [0.15, 0.2) is 155 Å². The summed E-state index contributed by atoms with van der Waals surface area (Å²) in [6.07, 6.45) is 1.94. The van der Waals surface area contributed by atoms with E-state index in [4.69, 9.17) is 4.99 Å². The first-order valence-corrected chi connectivity index (χ1v) is 16.2. The molecule has 230 valence electrons. The van der Waals surface area contributed by atoms with Gasteiger partial charge in [-0.1, -0.05) is 115 Å². The summed E-state index contributed by atoms with van der Waals surface area (Å²) >= 11 is 0. The quantitative estimate of drug-likeness (QED) is 0.158. The first-order valence-electron chi connectivity index (χ1n) is 16.2. The fraction of sp³-hybridized carbons (Fsp3) is 0.0698. The molecule has 8 aromatic rings. The predicted molar refractivity (Wildman–Crippen MR) is 199 cm³/mol. The number of nitrogens with zero attached hydrogens (tertiary/aromatic N) is 3. The van der Waals surface area contributed by atoms with Crippen LogP contribution in [0.5, 0.6) is 0 Å².